The molecule has 0 aliphatic heterocycles. The Morgan fingerprint density at radius 3 is 1.70 bits per heavy atom. The van der Waals surface area contributed by atoms with Crippen LogP contribution in [-0.4, -0.2) is 9.97 Å². The van der Waals surface area contributed by atoms with Gasteiger partial charge in [0.2, 0.25) is 0 Å². The standard InChI is InChI=1S/C31H20F3N3/c32-31(33,34)21-17-18-28(36-20-21)37(22-10-2-1-3-11-22)30-25-14-6-4-12-23(25)29(27-16-8-9-19-35-27)24-13-5-7-15-26(24)30/h1-20H. The third-order valence-corrected chi connectivity index (χ3v) is 6.37. The van der Waals surface area contributed by atoms with E-state index >= 15 is 0 Å². The number of fused-ring (bicyclic) bond motifs is 2. The van der Waals surface area contributed by atoms with Crippen LogP contribution in [0.2, 0.25) is 0 Å². The van der Waals surface area contributed by atoms with E-state index in [1.54, 1.807) is 6.20 Å². The molecule has 0 amide bonds. The van der Waals surface area contributed by atoms with Crippen molar-refractivity contribution in [1.82, 2.24) is 9.97 Å². The van der Waals surface area contributed by atoms with E-state index in [1.807, 2.05) is 89.8 Å². The molecule has 0 aliphatic carbocycles. The van der Waals surface area contributed by atoms with Crippen LogP contribution >= 0.6 is 0 Å². The molecular formula is C31H20F3N3. The quantitative estimate of drug-likeness (QED) is 0.231. The van der Waals surface area contributed by atoms with E-state index in [1.165, 1.54) is 6.07 Å². The summed E-state index contributed by atoms with van der Waals surface area (Å²) in [5.74, 6) is 0.389. The fraction of sp³-hybridized carbons (Fsp3) is 0.0323. The Bertz CT molecular complexity index is 1640. The van der Waals surface area contributed by atoms with Crippen molar-refractivity contribution in [2.45, 2.75) is 6.18 Å². The summed E-state index contributed by atoms with van der Waals surface area (Å²) >= 11 is 0. The van der Waals surface area contributed by atoms with Crippen molar-refractivity contribution in [3.63, 3.8) is 0 Å². The van der Waals surface area contributed by atoms with Gasteiger partial charge in [-0.2, -0.15) is 13.2 Å². The lowest BCUT2D eigenvalue weighted by Crippen LogP contribution is -2.14. The van der Waals surface area contributed by atoms with Gasteiger partial charge < -0.3 is 0 Å². The summed E-state index contributed by atoms with van der Waals surface area (Å²) < 4.78 is 40.0. The lowest BCUT2D eigenvalue weighted by molar-refractivity contribution is -0.137. The smallest absolute Gasteiger partial charge is 0.294 e. The molecule has 3 nitrogen and oxygen atoms in total. The number of halogens is 3. The van der Waals surface area contributed by atoms with Gasteiger partial charge in [-0.1, -0.05) is 72.8 Å². The van der Waals surface area contributed by atoms with Crippen LogP contribution in [0, 0.1) is 0 Å². The van der Waals surface area contributed by atoms with Crippen LogP contribution in [0.4, 0.5) is 30.4 Å². The summed E-state index contributed by atoms with van der Waals surface area (Å²) in [5, 5.41) is 3.85. The van der Waals surface area contributed by atoms with Gasteiger partial charge in [-0.3, -0.25) is 9.88 Å². The second-order valence-corrected chi connectivity index (χ2v) is 8.60. The van der Waals surface area contributed by atoms with Gasteiger partial charge in [0.1, 0.15) is 5.82 Å². The van der Waals surface area contributed by atoms with Crippen LogP contribution < -0.4 is 4.90 Å². The Morgan fingerprint density at radius 1 is 0.568 bits per heavy atom. The molecule has 2 heterocycles. The van der Waals surface area contributed by atoms with Crippen LogP contribution in [0.15, 0.2) is 122 Å². The zero-order chi connectivity index (χ0) is 25.4. The molecule has 6 aromatic rings. The first-order valence-corrected chi connectivity index (χ1v) is 11.8. The predicted molar refractivity (Wildman–Crippen MR) is 142 cm³/mol. The van der Waals surface area contributed by atoms with Crippen molar-refractivity contribution in [3.8, 4) is 11.3 Å². The second kappa shape index (κ2) is 9.06. The molecule has 0 radical (unpaired) electrons. The summed E-state index contributed by atoms with van der Waals surface area (Å²) in [7, 11) is 0. The number of pyridine rings is 2. The molecule has 0 N–H and O–H groups in total. The van der Waals surface area contributed by atoms with Crippen LogP contribution in [0.5, 0.6) is 0 Å². The number of anilines is 3. The average molecular weight is 492 g/mol. The minimum atomic E-state index is -4.47. The molecule has 37 heavy (non-hydrogen) atoms. The fourth-order valence-electron chi connectivity index (χ4n) is 4.77. The number of benzene rings is 4. The highest BCUT2D eigenvalue weighted by Gasteiger charge is 2.31. The Labute approximate surface area is 211 Å². The predicted octanol–water partition coefficient (Wildman–Crippen LogP) is 8.94. The van der Waals surface area contributed by atoms with Gasteiger partial charge in [-0.25, -0.2) is 4.98 Å². The average Bonchev–Trinajstić information content (AvgIpc) is 2.94. The van der Waals surface area contributed by atoms with E-state index in [9.17, 15) is 13.2 Å². The highest BCUT2D eigenvalue weighted by Crippen LogP contribution is 2.47. The molecule has 0 fully saturated rings. The molecule has 2 aromatic heterocycles. The van der Waals surface area contributed by atoms with E-state index in [-0.39, 0.29) is 0 Å². The number of rotatable bonds is 4. The summed E-state index contributed by atoms with van der Waals surface area (Å²) in [4.78, 5) is 10.8. The Kier molecular flexibility index (Phi) is 5.57. The van der Waals surface area contributed by atoms with Gasteiger partial charge in [0.05, 0.1) is 16.9 Å². The van der Waals surface area contributed by atoms with Gasteiger partial charge in [-0.05, 0) is 47.2 Å². The molecule has 0 atom stereocenters. The molecule has 0 unspecified atom stereocenters. The first-order chi connectivity index (χ1) is 18.0. The van der Waals surface area contributed by atoms with Crippen LogP contribution in [0.25, 0.3) is 32.8 Å². The molecule has 6 heteroatoms. The Morgan fingerprint density at radius 2 is 1.16 bits per heavy atom. The summed E-state index contributed by atoms with van der Waals surface area (Å²) in [5.41, 5.74) is 2.69. The van der Waals surface area contributed by atoms with Crippen molar-refractivity contribution >= 4 is 38.7 Å². The maximum atomic E-state index is 13.3. The monoisotopic (exact) mass is 491 g/mol. The Balaban J connectivity index is 1.71. The summed E-state index contributed by atoms with van der Waals surface area (Å²) in [6.45, 7) is 0. The number of nitrogens with zero attached hydrogens (tertiary/aromatic N) is 3. The van der Waals surface area contributed by atoms with E-state index < -0.39 is 11.7 Å². The van der Waals surface area contributed by atoms with Crippen LogP contribution in [0.1, 0.15) is 5.56 Å². The lowest BCUT2D eigenvalue weighted by atomic mass is 9.92. The van der Waals surface area contributed by atoms with E-state index in [0.29, 0.717) is 5.82 Å². The molecular weight excluding hydrogens is 471 g/mol. The first-order valence-electron chi connectivity index (χ1n) is 11.8. The SMILES string of the molecule is FC(F)(F)c1ccc(N(c2ccccc2)c2c3ccccc3c(-c3ccccn3)c3ccccc23)nc1. The lowest BCUT2D eigenvalue weighted by Gasteiger charge is -2.28. The fourth-order valence-corrected chi connectivity index (χ4v) is 4.77. The van der Waals surface area contributed by atoms with Gasteiger partial charge >= 0.3 is 6.18 Å². The number of alkyl halides is 3. The van der Waals surface area contributed by atoms with Crippen molar-refractivity contribution in [2.75, 3.05) is 4.90 Å². The summed E-state index contributed by atoms with van der Waals surface area (Å²) in [6, 6.07) is 34.0. The molecule has 180 valence electrons. The van der Waals surface area contributed by atoms with Crippen molar-refractivity contribution in [3.05, 3.63) is 127 Å². The minimum Gasteiger partial charge on any atom is -0.294 e. The zero-order valence-corrected chi connectivity index (χ0v) is 19.5. The maximum Gasteiger partial charge on any atom is 0.417 e. The van der Waals surface area contributed by atoms with Crippen LogP contribution in [-0.2, 0) is 6.18 Å². The third kappa shape index (κ3) is 4.06. The highest BCUT2D eigenvalue weighted by atomic mass is 19.4. The Hall–Kier alpha value is -4.71. The maximum absolute atomic E-state index is 13.3. The largest absolute Gasteiger partial charge is 0.417 e. The van der Waals surface area contributed by atoms with E-state index in [4.69, 9.17) is 0 Å². The normalized spacial score (nSPS) is 11.6. The van der Waals surface area contributed by atoms with Gasteiger partial charge in [-0.15, -0.1) is 0 Å². The minimum absolute atomic E-state index is 0.389. The molecule has 6 rings (SSSR count). The zero-order valence-electron chi connectivity index (χ0n) is 19.5. The topological polar surface area (TPSA) is 29.0 Å². The van der Waals surface area contributed by atoms with E-state index in [2.05, 4.69) is 22.1 Å². The van der Waals surface area contributed by atoms with Gasteiger partial charge in [0.25, 0.3) is 0 Å². The number of para-hydroxylation sites is 1. The molecule has 0 bridgehead atoms. The van der Waals surface area contributed by atoms with Crippen molar-refractivity contribution in [2.24, 2.45) is 0 Å². The molecule has 0 spiro atoms. The van der Waals surface area contributed by atoms with E-state index in [0.717, 1.165) is 56.4 Å². The van der Waals surface area contributed by atoms with Crippen molar-refractivity contribution < 1.29 is 13.2 Å². The molecule has 0 saturated heterocycles. The third-order valence-electron chi connectivity index (χ3n) is 6.37. The van der Waals surface area contributed by atoms with Crippen molar-refractivity contribution in [1.29, 1.82) is 0 Å². The number of hydrogen-bond donors (Lipinski definition) is 0. The van der Waals surface area contributed by atoms with Crippen LogP contribution in [0.3, 0.4) is 0 Å². The van der Waals surface area contributed by atoms with Gasteiger partial charge in [0.15, 0.2) is 0 Å². The highest BCUT2D eigenvalue weighted by molar-refractivity contribution is 6.21. The molecule has 0 aliphatic rings. The number of aromatic nitrogens is 2. The number of hydrogen-bond acceptors (Lipinski definition) is 3. The second-order valence-electron chi connectivity index (χ2n) is 8.60. The summed E-state index contributed by atoms with van der Waals surface area (Å²) in [6.07, 6.45) is -1.81. The first kappa shape index (κ1) is 22.7. The van der Waals surface area contributed by atoms with Gasteiger partial charge in [0, 0.05) is 34.4 Å². The molecule has 4 aromatic carbocycles. The molecule has 0 saturated carbocycles.